The van der Waals surface area contributed by atoms with E-state index in [0.717, 1.165) is 19.3 Å². The number of carbonyl (C=O) groups is 1. The average molecular weight is 338 g/mol. The molecule has 0 bridgehead atoms. The molecule has 1 fully saturated rings. The molecule has 1 heterocycles. The molecule has 1 aliphatic rings. The van der Waals surface area contributed by atoms with Gasteiger partial charge in [0.1, 0.15) is 0 Å². The normalized spacial score (nSPS) is 21.9. The van der Waals surface area contributed by atoms with Crippen molar-refractivity contribution in [2.24, 2.45) is 5.10 Å². The van der Waals surface area contributed by atoms with Crippen molar-refractivity contribution in [2.75, 3.05) is 12.0 Å². The van der Waals surface area contributed by atoms with Crippen LogP contribution in [0.5, 0.6) is 0 Å². The largest absolute Gasteiger partial charge is 0.460 e. The number of anilines is 1. The zero-order chi connectivity index (χ0) is 16.8. The molecule has 0 amide bonds. The Kier molecular flexibility index (Phi) is 6.28. The molecule has 0 aromatic heterocycles. The van der Waals surface area contributed by atoms with Gasteiger partial charge in [-0.3, -0.25) is 5.43 Å². The van der Waals surface area contributed by atoms with Crippen LogP contribution in [0.1, 0.15) is 40.0 Å². The molecule has 1 saturated heterocycles. The van der Waals surface area contributed by atoms with Gasteiger partial charge >= 0.3 is 5.97 Å². The maximum atomic E-state index is 12.4. The Balaban J connectivity index is 2.28. The Morgan fingerprint density at radius 3 is 2.61 bits per heavy atom. The number of hydrogen-bond donors (Lipinski definition) is 1. The van der Waals surface area contributed by atoms with Crippen molar-refractivity contribution in [1.82, 2.24) is 4.90 Å². The molecule has 1 aromatic rings. The molecule has 0 spiro atoms. The lowest BCUT2D eigenvalue weighted by Crippen LogP contribution is -2.51. The summed E-state index contributed by atoms with van der Waals surface area (Å²) in [4.78, 5) is 14.4. The predicted octanol–water partition coefficient (Wildman–Crippen LogP) is 3.89. The van der Waals surface area contributed by atoms with E-state index in [1.807, 2.05) is 23.1 Å². The molecule has 6 heteroatoms. The van der Waals surface area contributed by atoms with E-state index in [1.54, 1.807) is 13.0 Å². The number of likely N-dealkylation sites (tertiary alicyclic amines) is 1. The third-order valence-corrected chi connectivity index (χ3v) is 4.38. The maximum absolute atomic E-state index is 12.4. The van der Waals surface area contributed by atoms with Crippen LogP contribution in [0.4, 0.5) is 5.69 Å². The van der Waals surface area contributed by atoms with Gasteiger partial charge in [-0.1, -0.05) is 23.7 Å². The Morgan fingerprint density at radius 2 is 2.00 bits per heavy atom. The van der Waals surface area contributed by atoms with Crippen molar-refractivity contribution in [2.45, 2.75) is 52.1 Å². The Morgan fingerprint density at radius 1 is 1.35 bits per heavy atom. The van der Waals surface area contributed by atoms with Crippen molar-refractivity contribution in [3.05, 3.63) is 29.3 Å². The quantitative estimate of drug-likeness (QED) is 0.393. The van der Waals surface area contributed by atoms with Crippen LogP contribution in [-0.2, 0) is 9.53 Å². The first-order chi connectivity index (χ1) is 11.0. The van der Waals surface area contributed by atoms with Crippen LogP contribution in [0.3, 0.4) is 0 Å². The first-order valence-electron chi connectivity index (χ1n) is 8.08. The minimum absolute atomic E-state index is 0.245. The SMILES string of the molecule is CCOC(=O)/C(=N/Nc1ccccc1Cl)N1[C@H](C)CCC[C@H]1C. The maximum Gasteiger partial charge on any atom is 0.376 e. The number of nitrogens with one attached hydrogen (secondary N) is 1. The second-order valence-electron chi connectivity index (χ2n) is 5.78. The first-order valence-corrected chi connectivity index (χ1v) is 8.46. The summed E-state index contributed by atoms with van der Waals surface area (Å²) in [5, 5.41) is 4.89. The van der Waals surface area contributed by atoms with E-state index in [1.165, 1.54) is 0 Å². The molecule has 1 aromatic carbocycles. The van der Waals surface area contributed by atoms with Crippen LogP contribution in [0.15, 0.2) is 29.4 Å². The molecule has 2 atom stereocenters. The summed E-state index contributed by atoms with van der Waals surface area (Å²) in [5.41, 5.74) is 3.56. The highest BCUT2D eigenvalue weighted by Gasteiger charge is 2.32. The number of benzene rings is 1. The summed E-state index contributed by atoms with van der Waals surface area (Å²) >= 11 is 6.13. The smallest absolute Gasteiger partial charge is 0.376 e. The fourth-order valence-corrected chi connectivity index (χ4v) is 3.09. The fraction of sp³-hybridized carbons (Fsp3) is 0.529. The minimum atomic E-state index is -0.410. The van der Waals surface area contributed by atoms with E-state index >= 15 is 0 Å². The summed E-state index contributed by atoms with van der Waals surface area (Å²) in [5.74, 6) is -0.0980. The van der Waals surface area contributed by atoms with E-state index < -0.39 is 5.97 Å². The molecule has 2 rings (SSSR count). The summed E-state index contributed by atoms with van der Waals surface area (Å²) in [6.45, 7) is 6.33. The van der Waals surface area contributed by atoms with Gasteiger partial charge in [0, 0.05) is 12.1 Å². The third-order valence-electron chi connectivity index (χ3n) is 4.05. The number of hydrazone groups is 1. The number of ether oxygens (including phenoxy) is 1. The topological polar surface area (TPSA) is 53.9 Å². The summed E-state index contributed by atoms with van der Waals surface area (Å²) in [7, 11) is 0. The van der Waals surface area contributed by atoms with Crippen molar-refractivity contribution >= 4 is 29.1 Å². The van der Waals surface area contributed by atoms with E-state index in [9.17, 15) is 4.79 Å². The van der Waals surface area contributed by atoms with Gasteiger partial charge in [0.15, 0.2) is 0 Å². The fourth-order valence-electron chi connectivity index (χ4n) is 2.91. The van der Waals surface area contributed by atoms with Crippen LogP contribution in [0, 0.1) is 0 Å². The van der Waals surface area contributed by atoms with Crippen molar-refractivity contribution in [3.63, 3.8) is 0 Å². The number of amidine groups is 1. The molecule has 0 unspecified atom stereocenters. The van der Waals surface area contributed by atoms with Gasteiger partial charge in [-0.15, -0.1) is 5.10 Å². The Labute approximate surface area is 142 Å². The Bertz CT molecular complexity index is 567. The molecule has 0 aliphatic carbocycles. The summed E-state index contributed by atoms with van der Waals surface area (Å²) < 4.78 is 5.19. The molecule has 0 radical (unpaired) electrons. The number of para-hydroxylation sites is 1. The second kappa shape index (κ2) is 8.20. The molecular formula is C17H24ClN3O2. The number of esters is 1. The highest BCUT2D eigenvalue weighted by Crippen LogP contribution is 2.24. The van der Waals surface area contributed by atoms with Crippen molar-refractivity contribution in [3.8, 4) is 0 Å². The lowest BCUT2D eigenvalue weighted by atomic mass is 9.97. The molecule has 23 heavy (non-hydrogen) atoms. The van der Waals surface area contributed by atoms with Crippen LogP contribution in [0.25, 0.3) is 0 Å². The zero-order valence-electron chi connectivity index (χ0n) is 13.9. The lowest BCUT2D eigenvalue weighted by molar-refractivity contribution is -0.136. The standard InChI is InChI=1S/C17H24ClN3O2/c1-4-23-17(22)16(21-12(2)8-7-9-13(21)3)20-19-15-11-6-5-10-14(15)18/h5-6,10-13,19H,4,7-9H2,1-3H3/b20-16-/t12-,13-/m1/s1. The van der Waals surface area contributed by atoms with Gasteiger partial charge < -0.3 is 9.64 Å². The Hall–Kier alpha value is -1.75. The van der Waals surface area contributed by atoms with Gasteiger partial charge in [-0.05, 0) is 52.2 Å². The second-order valence-corrected chi connectivity index (χ2v) is 6.19. The molecule has 126 valence electrons. The van der Waals surface area contributed by atoms with Gasteiger partial charge in [0.25, 0.3) is 0 Å². The number of piperidine rings is 1. The van der Waals surface area contributed by atoms with E-state index in [-0.39, 0.29) is 12.1 Å². The number of nitrogens with zero attached hydrogens (tertiary/aromatic N) is 2. The van der Waals surface area contributed by atoms with Gasteiger partial charge in [-0.2, -0.15) is 0 Å². The van der Waals surface area contributed by atoms with Crippen LogP contribution in [-0.4, -0.2) is 35.4 Å². The molecule has 1 aliphatic heterocycles. The minimum Gasteiger partial charge on any atom is -0.460 e. The van der Waals surface area contributed by atoms with Gasteiger partial charge in [0.05, 0.1) is 17.3 Å². The third kappa shape index (κ3) is 4.38. The molecule has 0 saturated carbocycles. The van der Waals surface area contributed by atoms with Crippen LogP contribution in [0.2, 0.25) is 5.02 Å². The van der Waals surface area contributed by atoms with Crippen LogP contribution < -0.4 is 5.43 Å². The monoisotopic (exact) mass is 337 g/mol. The van der Waals surface area contributed by atoms with E-state index in [4.69, 9.17) is 16.3 Å². The highest BCUT2D eigenvalue weighted by atomic mass is 35.5. The number of rotatable bonds is 3. The first kappa shape index (κ1) is 17.6. The molecule has 1 N–H and O–H groups in total. The number of carbonyl (C=O) groups excluding carboxylic acids is 1. The number of hydrogen-bond acceptors (Lipinski definition) is 4. The molecular weight excluding hydrogens is 314 g/mol. The average Bonchev–Trinajstić information content (AvgIpc) is 2.51. The summed E-state index contributed by atoms with van der Waals surface area (Å²) in [6.07, 6.45) is 3.23. The van der Waals surface area contributed by atoms with Gasteiger partial charge in [-0.25, -0.2) is 4.79 Å². The van der Waals surface area contributed by atoms with E-state index in [0.29, 0.717) is 23.2 Å². The number of halogens is 1. The predicted molar refractivity (Wildman–Crippen MR) is 93.8 cm³/mol. The van der Waals surface area contributed by atoms with E-state index in [2.05, 4.69) is 24.4 Å². The van der Waals surface area contributed by atoms with Crippen LogP contribution >= 0.6 is 11.6 Å². The summed E-state index contributed by atoms with van der Waals surface area (Å²) in [6, 6.07) is 7.79. The van der Waals surface area contributed by atoms with Crippen molar-refractivity contribution < 1.29 is 9.53 Å². The van der Waals surface area contributed by atoms with Gasteiger partial charge in [0.2, 0.25) is 5.84 Å². The lowest BCUT2D eigenvalue weighted by Gasteiger charge is -2.40. The zero-order valence-corrected chi connectivity index (χ0v) is 14.6. The van der Waals surface area contributed by atoms with Crippen molar-refractivity contribution in [1.29, 1.82) is 0 Å². The molecule has 5 nitrogen and oxygen atoms in total. The highest BCUT2D eigenvalue weighted by molar-refractivity contribution is 6.36.